The van der Waals surface area contributed by atoms with Crippen LogP contribution in [0.15, 0.2) is 124 Å². The SMILES string of the molecule is O=C(NC(Cc1ccccc1)C(=O)Oc1ccc2c(-c3ccccc3)cc(=O)oc2c1)OCc1ccccc1. The van der Waals surface area contributed by atoms with Crippen LogP contribution in [-0.2, 0) is 22.6 Å². The lowest BCUT2D eigenvalue weighted by atomic mass is 10.0. The Hall–Kier alpha value is -5.17. The van der Waals surface area contributed by atoms with Gasteiger partial charge in [0.1, 0.15) is 24.0 Å². The van der Waals surface area contributed by atoms with Gasteiger partial charge in [0.25, 0.3) is 0 Å². The number of hydrogen-bond acceptors (Lipinski definition) is 6. The monoisotopic (exact) mass is 519 g/mol. The van der Waals surface area contributed by atoms with Gasteiger partial charge in [0.05, 0.1) is 0 Å². The highest BCUT2D eigenvalue weighted by Crippen LogP contribution is 2.29. The number of ether oxygens (including phenoxy) is 2. The molecular weight excluding hydrogens is 494 g/mol. The Bertz CT molecular complexity index is 1630. The Morgan fingerprint density at radius 2 is 1.41 bits per heavy atom. The van der Waals surface area contributed by atoms with E-state index < -0.39 is 23.7 Å². The van der Waals surface area contributed by atoms with E-state index >= 15 is 0 Å². The minimum Gasteiger partial charge on any atom is -0.445 e. The molecule has 0 bridgehead atoms. The van der Waals surface area contributed by atoms with E-state index in [-0.39, 0.29) is 24.4 Å². The molecule has 0 radical (unpaired) electrons. The summed E-state index contributed by atoms with van der Waals surface area (Å²) in [5.41, 5.74) is 2.99. The third kappa shape index (κ3) is 6.59. The number of carbonyl (C=O) groups excluding carboxylic acids is 2. The summed E-state index contributed by atoms with van der Waals surface area (Å²) in [5, 5.41) is 3.32. The Morgan fingerprint density at radius 3 is 2.10 bits per heavy atom. The van der Waals surface area contributed by atoms with E-state index in [4.69, 9.17) is 13.9 Å². The first kappa shape index (κ1) is 25.5. The average molecular weight is 520 g/mol. The highest BCUT2D eigenvalue weighted by atomic mass is 16.6. The molecule has 0 aliphatic carbocycles. The zero-order chi connectivity index (χ0) is 27.0. The van der Waals surface area contributed by atoms with Crippen molar-refractivity contribution in [2.45, 2.75) is 19.1 Å². The molecule has 1 unspecified atom stereocenters. The van der Waals surface area contributed by atoms with Gasteiger partial charge in [-0.2, -0.15) is 0 Å². The summed E-state index contributed by atoms with van der Waals surface area (Å²) in [4.78, 5) is 38.1. The third-order valence-corrected chi connectivity index (χ3v) is 6.09. The second-order valence-electron chi connectivity index (χ2n) is 8.87. The van der Waals surface area contributed by atoms with Crippen molar-refractivity contribution in [3.05, 3.63) is 137 Å². The van der Waals surface area contributed by atoms with Crippen LogP contribution in [0.25, 0.3) is 22.1 Å². The largest absolute Gasteiger partial charge is 0.445 e. The normalized spacial score (nSPS) is 11.5. The second kappa shape index (κ2) is 11.9. The van der Waals surface area contributed by atoms with Crippen molar-refractivity contribution in [3.8, 4) is 16.9 Å². The molecule has 0 spiro atoms. The average Bonchev–Trinajstić information content (AvgIpc) is 2.96. The van der Waals surface area contributed by atoms with Crippen LogP contribution in [0.2, 0.25) is 0 Å². The van der Waals surface area contributed by atoms with Crippen molar-refractivity contribution in [2.75, 3.05) is 0 Å². The van der Waals surface area contributed by atoms with Gasteiger partial charge in [0.2, 0.25) is 0 Å². The fourth-order valence-corrected chi connectivity index (χ4v) is 4.20. The van der Waals surface area contributed by atoms with Crippen LogP contribution in [-0.4, -0.2) is 18.1 Å². The maximum atomic E-state index is 13.2. The van der Waals surface area contributed by atoms with E-state index in [2.05, 4.69) is 5.32 Å². The van der Waals surface area contributed by atoms with E-state index in [0.29, 0.717) is 10.9 Å². The van der Waals surface area contributed by atoms with Gasteiger partial charge >= 0.3 is 17.7 Å². The molecule has 194 valence electrons. The van der Waals surface area contributed by atoms with Crippen LogP contribution < -0.4 is 15.7 Å². The molecule has 0 aliphatic heterocycles. The number of fused-ring (bicyclic) bond motifs is 1. The topological polar surface area (TPSA) is 94.8 Å². The van der Waals surface area contributed by atoms with E-state index in [9.17, 15) is 14.4 Å². The van der Waals surface area contributed by atoms with Gasteiger partial charge in [0.15, 0.2) is 0 Å². The highest BCUT2D eigenvalue weighted by Gasteiger charge is 2.25. The number of esters is 1. The molecule has 7 nitrogen and oxygen atoms in total. The summed E-state index contributed by atoms with van der Waals surface area (Å²) < 4.78 is 16.4. The van der Waals surface area contributed by atoms with Crippen LogP contribution in [0.3, 0.4) is 0 Å². The van der Waals surface area contributed by atoms with Gasteiger partial charge in [-0.1, -0.05) is 91.0 Å². The molecule has 5 rings (SSSR count). The lowest BCUT2D eigenvalue weighted by Crippen LogP contribution is -2.44. The lowest BCUT2D eigenvalue weighted by Gasteiger charge is -2.18. The molecule has 1 heterocycles. The van der Waals surface area contributed by atoms with Crippen LogP contribution >= 0.6 is 0 Å². The Balaban J connectivity index is 1.35. The fraction of sp³-hybridized carbons (Fsp3) is 0.0938. The summed E-state index contributed by atoms with van der Waals surface area (Å²) in [6.07, 6.45) is -0.547. The van der Waals surface area contributed by atoms with Gasteiger partial charge in [0, 0.05) is 23.9 Å². The standard InChI is InChI=1S/C32H25NO6/c34-30-20-27(24-14-8-3-9-15-24)26-17-16-25(19-29(26)39-30)38-31(35)28(18-22-10-4-1-5-11-22)33-32(36)37-21-23-12-6-2-7-13-23/h1-17,19-20,28H,18,21H2,(H,33,36). The number of alkyl carbamates (subject to hydrolysis) is 1. The molecule has 0 aliphatic rings. The number of amides is 1. The van der Waals surface area contributed by atoms with Gasteiger partial charge in [-0.05, 0) is 34.4 Å². The second-order valence-corrected chi connectivity index (χ2v) is 8.87. The summed E-state index contributed by atoms with van der Waals surface area (Å²) in [5.74, 6) is -0.505. The predicted octanol–water partition coefficient (Wildman–Crippen LogP) is 5.90. The molecule has 7 heteroatoms. The minimum atomic E-state index is -1.02. The first-order valence-electron chi connectivity index (χ1n) is 12.4. The predicted molar refractivity (Wildman–Crippen MR) is 147 cm³/mol. The fourth-order valence-electron chi connectivity index (χ4n) is 4.20. The van der Waals surface area contributed by atoms with E-state index in [1.54, 1.807) is 12.1 Å². The van der Waals surface area contributed by atoms with E-state index in [1.807, 2.05) is 91.0 Å². The van der Waals surface area contributed by atoms with Crippen LogP contribution in [0.4, 0.5) is 4.79 Å². The summed E-state index contributed by atoms with van der Waals surface area (Å²) in [6.45, 7) is 0.0627. The van der Waals surface area contributed by atoms with Crippen LogP contribution in [0, 0.1) is 0 Å². The Morgan fingerprint density at radius 1 is 0.769 bits per heavy atom. The number of benzene rings is 4. The molecule has 39 heavy (non-hydrogen) atoms. The van der Waals surface area contributed by atoms with Gasteiger partial charge in [-0.25, -0.2) is 14.4 Å². The Labute approximate surface area is 224 Å². The van der Waals surface area contributed by atoms with Gasteiger partial charge < -0.3 is 19.2 Å². The molecule has 5 aromatic rings. The molecule has 0 saturated heterocycles. The van der Waals surface area contributed by atoms with Crippen molar-refractivity contribution in [1.29, 1.82) is 0 Å². The molecule has 1 amide bonds. The quantitative estimate of drug-likeness (QED) is 0.156. The first-order chi connectivity index (χ1) is 19.0. The minimum absolute atomic E-state index is 0.0627. The summed E-state index contributed by atoms with van der Waals surface area (Å²) in [6, 6.07) is 33.3. The van der Waals surface area contributed by atoms with Crippen molar-refractivity contribution in [2.24, 2.45) is 0 Å². The van der Waals surface area contributed by atoms with Crippen molar-refractivity contribution in [3.63, 3.8) is 0 Å². The first-order valence-corrected chi connectivity index (χ1v) is 12.4. The molecule has 4 aromatic carbocycles. The van der Waals surface area contributed by atoms with Crippen molar-refractivity contribution in [1.82, 2.24) is 5.32 Å². The molecule has 1 aromatic heterocycles. The molecule has 0 saturated carbocycles. The number of rotatable bonds is 8. The summed E-state index contributed by atoms with van der Waals surface area (Å²) in [7, 11) is 0. The number of carbonyl (C=O) groups is 2. The van der Waals surface area contributed by atoms with Crippen molar-refractivity contribution < 1.29 is 23.5 Å². The molecule has 0 fully saturated rings. The zero-order valence-electron chi connectivity index (χ0n) is 20.9. The maximum absolute atomic E-state index is 13.2. The van der Waals surface area contributed by atoms with Gasteiger partial charge in [-0.3, -0.25) is 0 Å². The third-order valence-electron chi connectivity index (χ3n) is 6.09. The van der Waals surface area contributed by atoms with Crippen molar-refractivity contribution >= 4 is 23.0 Å². The zero-order valence-corrected chi connectivity index (χ0v) is 20.9. The number of hydrogen-bond donors (Lipinski definition) is 1. The molecular formula is C32H25NO6. The van der Waals surface area contributed by atoms with E-state index in [0.717, 1.165) is 16.7 Å². The lowest BCUT2D eigenvalue weighted by molar-refractivity contribution is -0.136. The Kier molecular flexibility index (Phi) is 7.79. The number of nitrogens with one attached hydrogen (secondary N) is 1. The molecule has 1 N–H and O–H groups in total. The smallest absolute Gasteiger partial charge is 0.408 e. The van der Waals surface area contributed by atoms with Gasteiger partial charge in [-0.15, -0.1) is 0 Å². The summed E-state index contributed by atoms with van der Waals surface area (Å²) >= 11 is 0. The highest BCUT2D eigenvalue weighted by molar-refractivity contribution is 5.94. The van der Waals surface area contributed by atoms with Crippen LogP contribution in [0.5, 0.6) is 5.75 Å². The molecule has 1 atom stereocenters. The van der Waals surface area contributed by atoms with E-state index in [1.165, 1.54) is 12.1 Å². The van der Waals surface area contributed by atoms with Crippen LogP contribution in [0.1, 0.15) is 11.1 Å². The maximum Gasteiger partial charge on any atom is 0.408 e.